The molecular weight excluding hydrogens is 214 g/mol. The van der Waals surface area contributed by atoms with E-state index in [0.29, 0.717) is 6.54 Å². The molecule has 17 heavy (non-hydrogen) atoms. The molecule has 2 N–H and O–H groups in total. The van der Waals surface area contributed by atoms with Crippen molar-refractivity contribution in [3.05, 3.63) is 35.8 Å². The second-order valence-electron chi connectivity index (χ2n) is 3.93. The number of benzene rings is 1. The minimum atomic E-state index is 0.437. The molecule has 0 aliphatic rings. The van der Waals surface area contributed by atoms with Crippen LogP contribution in [-0.2, 0) is 13.6 Å². The van der Waals surface area contributed by atoms with Gasteiger partial charge < -0.3 is 15.0 Å². The van der Waals surface area contributed by atoms with E-state index < -0.39 is 0 Å². The first-order valence-electron chi connectivity index (χ1n) is 5.54. The molecule has 4 heteroatoms. The molecule has 0 saturated heterocycles. The van der Waals surface area contributed by atoms with E-state index in [4.69, 9.17) is 10.5 Å². The van der Waals surface area contributed by atoms with E-state index in [1.54, 1.807) is 7.11 Å². The van der Waals surface area contributed by atoms with Crippen LogP contribution in [-0.4, -0.2) is 16.7 Å². The van der Waals surface area contributed by atoms with E-state index in [2.05, 4.69) is 4.98 Å². The number of para-hydroxylation sites is 1. The van der Waals surface area contributed by atoms with Crippen LogP contribution in [0.1, 0.15) is 11.5 Å². The van der Waals surface area contributed by atoms with Gasteiger partial charge in [0.05, 0.1) is 25.0 Å². The highest BCUT2D eigenvalue weighted by molar-refractivity contribution is 5.69. The van der Waals surface area contributed by atoms with Gasteiger partial charge in [-0.1, -0.05) is 12.1 Å². The molecule has 0 fully saturated rings. The average Bonchev–Trinajstić information content (AvgIpc) is 2.64. The second kappa shape index (κ2) is 4.59. The molecular formula is C13H17N3O. The number of rotatable bonds is 3. The summed E-state index contributed by atoms with van der Waals surface area (Å²) >= 11 is 0. The van der Waals surface area contributed by atoms with Crippen molar-refractivity contribution in [1.82, 2.24) is 9.55 Å². The van der Waals surface area contributed by atoms with Crippen molar-refractivity contribution < 1.29 is 4.74 Å². The predicted octanol–water partition coefficient (Wildman–Crippen LogP) is 1.86. The molecule has 0 aliphatic carbocycles. The van der Waals surface area contributed by atoms with Gasteiger partial charge in [-0.25, -0.2) is 4.98 Å². The third-order valence-corrected chi connectivity index (χ3v) is 2.91. The van der Waals surface area contributed by atoms with Gasteiger partial charge in [0.2, 0.25) is 0 Å². The lowest BCUT2D eigenvalue weighted by Crippen LogP contribution is -2.05. The number of imidazole rings is 1. The number of hydrogen-bond acceptors (Lipinski definition) is 3. The van der Waals surface area contributed by atoms with Crippen LogP contribution in [0.5, 0.6) is 5.75 Å². The molecule has 0 saturated carbocycles. The molecule has 90 valence electrons. The quantitative estimate of drug-likeness (QED) is 0.877. The fourth-order valence-corrected chi connectivity index (χ4v) is 2.09. The molecule has 0 bridgehead atoms. The number of aryl methyl sites for hydroxylation is 1. The van der Waals surface area contributed by atoms with Crippen molar-refractivity contribution in [2.24, 2.45) is 12.8 Å². The highest BCUT2D eigenvalue weighted by Gasteiger charge is 2.15. The van der Waals surface area contributed by atoms with Gasteiger partial charge in [0.25, 0.3) is 0 Å². The zero-order chi connectivity index (χ0) is 12.4. The van der Waals surface area contributed by atoms with Crippen molar-refractivity contribution in [1.29, 1.82) is 0 Å². The summed E-state index contributed by atoms with van der Waals surface area (Å²) < 4.78 is 7.40. The Bertz CT molecular complexity index is 531. The Hall–Kier alpha value is -1.81. The summed E-state index contributed by atoms with van der Waals surface area (Å²) in [6, 6.07) is 7.93. The molecule has 0 unspecified atom stereocenters. The van der Waals surface area contributed by atoms with Crippen molar-refractivity contribution in [2.75, 3.05) is 7.11 Å². The first-order valence-corrected chi connectivity index (χ1v) is 5.54. The molecule has 0 amide bonds. The molecule has 4 nitrogen and oxygen atoms in total. The Kier molecular flexibility index (Phi) is 3.15. The normalized spacial score (nSPS) is 10.6. The third kappa shape index (κ3) is 1.91. The van der Waals surface area contributed by atoms with Crippen LogP contribution in [0.25, 0.3) is 11.3 Å². The van der Waals surface area contributed by atoms with Crippen molar-refractivity contribution in [3.8, 4) is 17.0 Å². The molecule has 1 heterocycles. The van der Waals surface area contributed by atoms with Crippen LogP contribution in [0.15, 0.2) is 24.3 Å². The summed E-state index contributed by atoms with van der Waals surface area (Å²) in [6.07, 6.45) is 0. The molecule has 0 radical (unpaired) electrons. The van der Waals surface area contributed by atoms with E-state index in [1.165, 1.54) is 0 Å². The zero-order valence-electron chi connectivity index (χ0n) is 10.4. The molecule has 2 aromatic rings. The Balaban J connectivity index is 2.64. The van der Waals surface area contributed by atoms with Crippen molar-refractivity contribution >= 4 is 0 Å². The monoisotopic (exact) mass is 231 g/mol. The standard InChI is InChI=1S/C13H17N3O/c1-9-13(16(2)12(8-14)15-9)10-6-4-5-7-11(10)17-3/h4-7H,8,14H2,1-3H3. The molecule has 1 aromatic carbocycles. The summed E-state index contributed by atoms with van der Waals surface area (Å²) in [5.74, 6) is 1.73. The van der Waals surface area contributed by atoms with Crippen LogP contribution in [0.2, 0.25) is 0 Å². The highest BCUT2D eigenvalue weighted by atomic mass is 16.5. The number of hydrogen-bond donors (Lipinski definition) is 1. The maximum absolute atomic E-state index is 5.67. The highest BCUT2D eigenvalue weighted by Crippen LogP contribution is 2.31. The van der Waals surface area contributed by atoms with Gasteiger partial charge in [0.15, 0.2) is 0 Å². The third-order valence-electron chi connectivity index (χ3n) is 2.91. The summed E-state index contributed by atoms with van der Waals surface area (Å²) in [5, 5.41) is 0. The minimum absolute atomic E-state index is 0.437. The maximum Gasteiger partial charge on any atom is 0.128 e. The summed E-state index contributed by atoms with van der Waals surface area (Å²) in [7, 11) is 3.65. The molecule has 0 aliphatic heterocycles. The lowest BCUT2D eigenvalue weighted by Gasteiger charge is -2.10. The van der Waals surface area contributed by atoms with Gasteiger partial charge in [0.1, 0.15) is 11.6 Å². The van der Waals surface area contributed by atoms with Gasteiger partial charge in [-0.05, 0) is 19.1 Å². The fraction of sp³-hybridized carbons (Fsp3) is 0.308. The van der Waals surface area contributed by atoms with Crippen LogP contribution in [0.4, 0.5) is 0 Å². The number of ether oxygens (including phenoxy) is 1. The molecule has 0 spiro atoms. The van der Waals surface area contributed by atoms with Gasteiger partial charge in [-0.15, -0.1) is 0 Å². The van der Waals surface area contributed by atoms with Crippen LogP contribution >= 0.6 is 0 Å². The lowest BCUT2D eigenvalue weighted by atomic mass is 10.1. The van der Waals surface area contributed by atoms with Crippen molar-refractivity contribution in [3.63, 3.8) is 0 Å². The first kappa shape index (κ1) is 11.7. The smallest absolute Gasteiger partial charge is 0.128 e. The molecule has 0 atom stereocenters. The van der Waals surface area contributed by atoms with Gasteiger partial charge in [-0.3, -0.25) is 0 Å². The maximum atomic E-state index is 5.67. The number of nitrogens with two attached hydrogens (primary N) is 1. The van der Waals surface area contributed by atoms with Gasteiger partial charge in [-0.2, -0.15) is 0 Å². The minimum Gasteiger partial charge on any atom is -0.496 e. The average molecular weight is 231 g/mol. The number of aromatic nitrogens is 2. The fourth-order valence-electron chi connectivity index (χ4n) is 2.09. The molecule has 1 aromatic heterocycles. The summed E-state index contributed by atoms with van der Waals surface area (Å²) in [4.78, 5) is 4.46. The topological polar surface area (TPSA) is 53.1 Å². The van der Waals surface area contributed by atoms with E-state index in [1.807, 2.05) is 42.8 Å². The predicted molar refractivity (Wildman–Crippen MR) is 67.8 cm³/mol. The van der Waals surface area contributed by atoms with Crippen molar-refractivity contribution in [2.45, 2.75) is 13.5 Å². The Morgan fingerprint density at radius 2 is 2.06 bits per heavy atom. The Labute approximate surface area is 101 Å². The first-order chi connectivity index (χ1) is 8.19. The van der Waals surface area contributed by atoms with E-state index in [9.17, 15) is 0 Å². The SMILES string of the molecule is COc1ccccc1-c1c(C)nc(CN)n1C. The lowest BCUT2D eigenvalue weighted by molar-refractivity contribution is 0.416. The number of nitrogens with zero attached hydrogens (tertiary/aromatic N) is 2. The van der Waals surface area contributed by atoms with Gasteiger partial charge in [0, 0.05) is 12.6 Å². The summed E-state index contributed by atoms with van der Waals surface area (Å²) in [5.41, 5.74) is 8.74. The zero-order valence-corrected chi connectivity index (χ0v) is 10.4. The Morgan fingerprint density at radius 3 is 2.65 bits per heavy atom. The van der Waals surface area contributed by atoms with Crippen LogP contribution in [0.3, 0.4) is 0 Å². The second-order valence-corrected chi connectivity index (χ2v) is 3.93. The Morgan fingerprint density at radius 1 is 1.35 bits per heavy atom. The number of methoxy groups -OCH3 is 1. The molecule has 2 rings (SSSR count). The summed E-state index contributed by atoms with van der Waals surface area (Å²) in [6.45, 7) is 2.42. The van der Waals surface area contributed by atoms with Crippen LogP contribution in [0, 0.1) is 6.92 Å². The van der Waals surface area contributed by atoms with E-state index >= 15 is 0 Å². The van der Waals surface area contributed by atoms with Gasteiger partial charge >= 0.3 is 0 Å². The largest absolute Gasteiger partial charge is 0.496 e. The van der Waals surface area contributed by atoms with Crippen LogP contribution < -0.4 is 10.5 Å². The van der Waals surface area contributed by atoms with E-state index in [-0.39, 0.29) is 0 Å². The van der Waals surface area contributed by atoms with E-state index in [0.717, 1.165) is 28.5 Å².